The second kappa shape index (κ2) is 5.33. The Morgan fingerprint density at radius 3 is 2.41 bits per heavy atom. The van der Waals surface area contributed by atoms with Crippen molar-refractivity contribution in [2.45, 2.75) is 46.1 Å². The van der Waals surface area contributed by atoms with Gasteiger partial charge in [0.15, 0.2) is 0 Å². The lowest BCUT2D eigenvalue weighted by Gasteiger charge is -2.24. The van der Waals surface area contributed by atoms with E-state index in [2.05, 4.69) is 11.4 Å². The summed E-state index contributed by atoms with van der Waals surface area (Å²) in [6.45, 7) is 7.81. The Kier molecular flexibility index (Phi) is 4.30. The van der Waals surface area contributed by atoms with E-state index in [-0.39, 0.29) is 5.91 Å². The molecule has 1 amide bonds. The number of thiophene rings is 1. The molecular formula is C13H18N2OS. The molecule has 0 atom stereocenters. The average molecular weight is 250 g/mol. The molecule has 1 aromatic heterocycles. The van der Waals surface area contributed by atoms with Crippen molar-refractivity contribution in [1.82, 2.24) is 5.32 Å². The molecule has 0 spiro atoms. The van der Waals surface area contributed by atoms with E-state index in [1.807, 2.05) is 33.8 Å². The lowest BCUT2D eigenvalue weighted by molar-refractivity contribution is 0.0919. The first-order chi connectivity index (χ1) is 7.98. The molecule has 92 valence electrons. The fourth-order valence-corrected chi connectivity index (χ4v) is 2.51. The zero-order valence-electron chi connectivity index (χ0n) is 10.8. The Morgan fingerprint density at radius 2 is 2.06 bits per heavy atom. The van der Waals surface area contributed by atoms with E-state index >= 15 is 0 Å². The molecular weight excluding hydrogens is 232 g/mol. The van der Waals surface area contributed by atoms with Crippen molar-refractivity contribution in [3.8, 4) is 6.07 Å². The van der Waals surface area contributed by atoms with Crippen molar-refractivity contribution >= 4 is 17.2 Å². The van der Waals surface area contributed by atoms with E-state index in [1.165, 1.54) is 11.3 Å². The van der Waals surface area contributed by atoms with E-state index in [0.717, 1.165) is 10.4 Å². The molecule has 17 heavy (non-hydrogen) atoms. The second-order valence-electron chi connectivity index (χ2n) is 4.20. The van der Waals surface area contributed by atoms with Crippen LogP contribution in [0, 0.1) is 25.2 Å². The summed E-state index contributed by atoms with van der Waals surface area (Å²) >= 11 is 1.47. The van der Waals surface area contributed by atoms with Crippen LogP contribution in [0.4, 0.5) is 0 Å². The van der Waals surface area contributed by atoms with Crippen LogP contribution in [-0.4, -0.2) is 11.4 Å². The molecule has 1 heterocycles. The molecule has 0 aliphatic rings. The Balaban J connectivity index is 2.89. The van der Waals surface area contributed by atoms with Crippen LogP contribution >= 0.6 is 11.3 Å². The first-order valence-electron chi connectivity index (χ1n) is 5.78. The highest BCUT2D eigenvalue weighted by atomic mass is 32.1. The molecule has 0 fully saturated rings. The number of carbonyl (C=O) groups is 1. The van der Waals surface area contributed by atoms with E-state index in [4.69, 9.17) is 0 Å². The van der Waals surface area contributed by atoms with Crippen LogP contribution in [-0.2, 0) is 0 Å². The predicted octanol–water partition coefficient (Wildman–Crippen LogP) is 3.18. The minimum atomic E-state index is -0.733. The Labute approximate surface area is 106 Å². The number of nitriles is 1. The number of amides is 1. The van der Waals surface area contributed by atoms with Gasteiger partial charge in [-0.25, -0.2) is 0 Å². The topological polar surface area (TPSA) is 52.9 Å². The van der Waals surface area contributed by atoms with E-state index in [1.54, 1.807) is 0 Å². The van der Waals surface area contributed by atoms with Gasteiger partial charge in [-0.2, -0.15) is 5.26 Å². The standard InChI is InChI=1S/C13H18N2OS/c1-5-13(6-2,8-14)15-12(16)11-7-9(3)10(4)17-11/h7H,5-6H2,1-4H3,(H,15,16). The molecule has 1 aromatic rings. The summed E-state index contributed by atoms with van der Waals surface area (Å²) < 4.78 is 0. The molecule has 0 radical (unpaired) electrons. The number of nitrogens with zero attached hydrogens (tertiary/aromatic N) is 1. The molecule has 0 bridgehead atoms. The van der Waals surface area contributed by atoms with Gasteiger partial charge in [0.1, 0.15) is 5.54 Å². The SMILES string of the molecule is CCC(C#N)(CC)NC(=O)c1cc(C)c(C)s1. The Hall–Kier alpha value is -1.34. The summed E-state index contributed by atoms with van der Waals surface area (Å²) in [5.74, 6) is -0.142. The van der Waals surface area contributed by atoms with Crippen LogP contribution in [0.15, 0.2) is 6.07 Å². The van der Waals surface area contributed by atoms with Gasteiger partial charge in [0.2, 0.25) is 0 Å². The average Bonchev–Trinajstić information content (AvgIpc) is 2.67. The third-order valence-electron chi connectivity index (χ3n) is 3.16. The largest absolute Gasteiger partial charge is 0.333 e. The Bertz CT molecular complexity index is 433. The van der Waals surface area contributed by atoms with Gasteiger partial charge in [0, 0.05) is 4.88 Å². The lowest BCUT2D eigenvalue weighted by Crippen LogP contribution is -2.46. The third kappa shape index (κ3) is 2.86. The number of aryl methyl sites for hydroxylation is 2. The molecule has 0 aromatic carbocycles. The molecule has 0 aliphatic heterocycles. The normalized spacial score (nSPS) is 11.0. The van der Waals surface area contributed by atoms with Crippen molar-refractivity contribution in [3.63, 3.8) is 0 Å². The number of carbonyl (C=O) groups excluding carboxylic acids is 1. The summed E-state index contributed by atoms with van der Waals surface area (Å²) in [5.41, 5.74) is 0.388. The van der Waals surface area contributed by atoms with Gasteiger partial charge >= 0.3 is 0 Å². The lowest BCUT2D eigenvalue weighted by atomic mass is 9.94. The number of nitrogens with one attached hydrogen (secondary N) is 1. The minimum absolute atomic E-state index is 0.142. The molecule has 4 heteroatoms. The number of hydrogen-bond donors (Lipinski definition) is 1. The first-order valence-corrected chi connectivity index (χ1v) is 6.60. The molecule has 3 nitrogen and oxygen atoms in total. The van der Waals surface area contributed by atoms with Gasteiger partial charge in [-0.3, -0.25) is 4.79 Å². The first kappa shape index (κ1) is 13.7. The highest BCUT2D eigenvalue weighted by molar-refractivity contribution is 7.14. The van der Waals surface area contributed by atoms with Gasteiger partial charge in [0.05, 0.1) is 10.9 Å². The molecule has 1 rings (SSSR count). The zero-order valence-corrected chi connectivity index (χ0v) is 11.6. The minimum Gasteiger partial charge on any atom is -0.333 e. The fraction of sp³-hybridized carbons (Fsp3) is 0.538. The predicted molar refractivity (Wildman–Crippen MR) is 70.2 cm³/mol. The molecule has 0 aliphatic carbocycles. The van der Waals surface area contributed by atoms with Gasteiger partial charge in [0.25, 0.3) is 5.91 Å². The number of rotatable bonds is 4. The fourth-order valence-electron chi connectivity index (χ4n) is 1.58. The van der Waals surface area contributed by atoms with Crippen LogP contribution in [0.3, 0.4) is 0 Å². The van der Waals surface area contributed by atoms with Gasteiger partial charge in [-0.1, -0.05) is 13.8 Å². The van der Waals surface area contributed by atoms with Crippen molar-refractivity contribution in [3.05, 3.63) is 21.4 Å². The maximum Gasteiger partial charge on any atom is 0.262 e. The monoisotopic (exact) mass is 250 g/mol. The highest BCUT2D eigenvalue weighted by Crippen LogP contribution is 2.22. The van der Waals surface area contributed by atoms with Gasteiger partial charge < -0.3 is 5.32 Å². The van der Waals surface area contributed by atoms with Crippen LogP contribution in [0.2, 0.25) is 0 Å². The maximum atomic E-state index is 12.1. The van der Waals surface area contributed by atoms with Crippen molar-refractivity contribution in [1.29, 1.82) is 5.26 Å². The maximum absolute atomic E-state index is 12.1. The summed E-state index contributed by atoms with van der Waals surface area (Å²) in [6, 6.07) is 4.09. The van der Waals surface area contributed by atoms with Gasteiger partial charge in [-0.15, -0.1) is 11.3 Å². The zero-order chi connectivity index (χ0) is 13.1. The van der Waals surface area contributed by atoms with Crippen LogP contribution in [0.5, 0.6) is 0 Å². The second-order valence-corrected chi connectivity index (χ2v) is 5.46. The molecule has 0 saturated carbocycles. The van der Waals surface area contributed by atoms with Crippen molar-refractivity contribution < 1.29 is 4.79 Å². The third-order valence-corrected chi connectivity index (χ3v) is 4.32. The highest BCUT2D eigenvalue weighted by Gasteiger charge is 2.28. The van der Waals surface area contributed by atoms with Crippen LogP contribution in [0.1, 0.15) is 46.8 Å². The van der Waals surface area contributed by atoms with Crippen LogP contribution < -0.4 is 5.32 Å². The van der Waals surface area contributed by atoms with Crippen molar-refractivity contribution in [2.75, 3.05) is 0 Å². The molecule has 0 saturated heterocycles. The van der Waals surface area contributed by atoms with E-state index < -0.39 is 5.54 Å². The summed E-state index contributed by atoms with van der Waals surface area (Å²) in [5, 5.41) is 12.0. The quantitative estimate of drug-likeness (QED) is 0.892. The molecule has 0 unspecified atom stereocenters. The van der Waals surface area contributed by atoms with E-state index in [9.17, 15) is 10.1 Å². The Morgan fingerprint density at radius 1 is 1.47 bits per heavy atom. The van der Waals surface area contributed by atoms with E-state index in [0.29, 0.717) is 17.7 Å². The smallest absolute Gasteiger partial charge is 0.262 e. The summed E-state index contributed by atoms with van der Waals surface area (Å²) in [7, 11) is 0. The van der Waals surface area contributed by atoms with Crippen molar-refractivity contribution in [2.24, 2.45) is 0 Å². The summed E-state index contributed by atoms with van der Waals surface area (Å²) in [6.07, 6.45) is 1.24. The summed E-state index contributed by atoms with van der Waals surface area (Å²) in [4.78, 5) is 13.9. The van der Waals surface area contributed by atoms with Crippen LogP contribution in [0.25, 0.3) is 0 Å². The van der Waals surface area contributed by atoms with Gasteiger partial charge in [-0.05, 0) is 38.3 Å². The number of hydrogen-bond acceptors (Lipinski definition) is 3. The molecule has 1 N–H and O–H groups in total.